The van der Waals surface area contributed by atoms with Gasteiger partial charge in [0, 0.05) is 30.9 Å². The Morgan fingerprint density at radius 2 is 2.05 bits per heavy atom. The van der Waals surface area contributed by atoms with Crippen molar-refractivity contribution >= 4 is 11.4 Å². The number of hydrogen-bond donors (Lipinski definition) is 1. The van der Waals surface area contributed by atoms with Crippen LogP contribution in [0.15, 0.2) is 18.2 Å². The van der Waals surface area contributed by atoms with Gasteiger partial charge in [-0.25, -0.2) is 0 Å². The molecule has 1 aliphatic heterocycles. The Morgan fingerprint density at radius 3 is 2.60 bits per heavy atom. The maximum absolute atomic E-state index is 5.89. The second kappa shape index (κ2) is 5.52. The van der Waals surface area contributed by atoms with E-state index in [0.717, 1.165) is 18.8 Å². The van der Waals surface area contributed by atoms with Crippen LogP contribution in [0.2, 0.25) is 0 Å². The lowest BCUT2D eigenvalue weighted by molar-refractivity contribution is 0.112. The van der Waals surface area contributed by atoms with E-state index in [2.05, 4.69) is 43.8 Å². The van der Waals surface area contributed by atoms with E-state index >= 15 is 0 Å². The van der Waals surface area contributed by atoms with Crippen LogP contribution in [-0.4, -0.2) is 45.2 Å². The molecule has 0 saturated carbocycles. The van der Waals surface area contributed by atoms with Gasteiger partial charge >= 0.3 is 0 Å². The van der Waals surface area contributed by atoms with Crippen LogP contribution in [-0.2, 0) is 0 Å². The van der Waals surface area contributed by atoms with Crippen molar-refractivity contribution in [2.75, 3.05) is 44.9 Å². The van der Waals surface area contributed by atoms with Gasteiger partial charge in [0.1, 0.15) is 5.75 Å². The molecule has 0 radical (unpaired) electrons. The van der Waals surface area contributed by atoms with E-state index in [9.17, 15) is 0 Å². The predicted octanol–water partition coefficient (Wildman–Crippen LogP) is 2.44. The molecule has 1 heterocycles. The zero-order valence-electron chi connectivity index (χ0n) is 13.3. The van der Waals surface area contributed by atoms with Gasteiger partial charge in [0.25, 0.3) is 0 Å². The standard InChI is InChI=1S/C16H27N3O/c1-16(2)11-19(9-8-15(16)18(3)4)12-6-7-13(17)14(10-12)20-5/h6-7,10,15H,8-9,11,17H2,1-5H3. The van der Waals surface area contributed by atoms with Gasteiger partial charge in [0.05, 0.1) is 12.8 Å². The number of hydrogen-bond acceptors (Lipinski definition) is 4. The molecule has 1 fully saturated rings. The van der Waals surface area contributed by atoms with Crippen molar-refractivity contribution in [3.63, 3.8) is 0 Å². The third-order valence-corrected chi connectivity index (χ3v) is 4.38. The highest BCUT2D eigenvalue weighted by Crippen LogP contribution is 2.36. The molecule has 1 aliphatic rings. The first-order valence-electron chi connectivity index (χ1n) is 7.20. The second-order valence-electron chi connectivity index (χ2n) is 6.60. The summed E-state index contributed by atoms with van der Waals surface area (Å²) >= 11 is 0. The molecule has 2 N–H and O–H groups in total. The molecule has 112 valence electrons. The van der Waals surface area contributed by atoms with Gasteiger partial charge in [0.15, 0.2) is 0 Å². The Morgan fingerprint density at radius 1 is 1.35 bits per heavy atom. The first-order chi connectivity index (χ1) is 9.35. The largest absolute Gasteiger partial charge is 0.495 e. The molecule has 1 aromatic rings. The SMILES string of the molecule is COc1cc(N2CCC(N(C)C)C(C)(C)C2)ccc1N. The van der Waals surface area contributed by atoms with Gasteiger partial charge in [-0.15, -0.1) is 0 Å². The quantitative estimate of drug-likeness (QED) is 0.862. The monoisotopic (exact) mass is 277 g/mol. The van der Waals surface area contributed by atoms with Crippen molar-refractivity contribution < 1.29 is 4.74 Å². The number of piperidine rings is 1. The molecular formula is C16H27N3O. The number of benzene rings is 1. The molecular weight excluding hydrogens is 250 g/mol. The summed E-state index contributed by atoms with van der Waals surface area (Å²) in [4.78, 5) is 4.78. The maximum atomic E-state index is 5.89. The molecule has 1 unspecified atom stereocenters. The third-order valence-electron chi connectivity index (χ3n) is 4.38. The molecule has 1 saturated heterocycles. The van der Waals surface area contributed by atoms with Crippen molar-refractivity contribution in [3.8, 4) is 5.75 Å². The van der Waals surface area contributed by atoms with Crippen molar-refractivity contribution in [1.29, 1.82) is 0 Å². The van der Waals surface area contributed by atoms with Gasteiger partial charge in [-0.05, 0) is 38.1 Å². The summed E-state index contributed by atoms with van der Waals surface area (Å²) in [7, 11) is 6.01. The molecule has 4 heteroatoms. The van der Waals surface area contributed by atoms with Crippen molar-refractivity contribution in [1.82, 2.24) is 4.90 Å². The summed E-state index contributed by atoms with van der Waals surface area (Å²) in [6.07, 6.45) is 1.17. The molecule has 1 atom stereocenters. The summed E-state index contributed by atoms with van der Waals surface area (Å²) in [5.74, 6) is 0.759. The number of nitrogen functional groups attached to an aromatic ring is 1. The lowest BCUT2D eigenvalue weighted by atomic mass is 9.78. The summed E-state index contributed by atoms with van der Waals surface area (Å²) in [5.41, 5.74) is 8.04. The van der Waals surface area contributed by atoms with E-state index in [-0.39, 0.29) is 5.41 Å². The Kier molecular flexibility index (Phi) is 4.14. The minimum Gasteiger partial charge on any atom is -0.495 e. The fourth-order valence-corrected chi connectivity index (χ4v) is 3.42. The van der Waals surface area contributed by atoms with E-state index in [1.807, 2.05) is 12.1 Å². The van der Waals surface area contributed by atoms with Gasteiger partial charge in [-0.2, -0.15) is 0 Å². The molecule has 0 spiro atoms. The molecule has 1 aromatic carbocycles. The first-order valence-corrected chi connectivity index (χ1v) is 7.20. The van der Waals surface area contributed by atoms with Crippen LogP contribution in [0.25, 0.3) is 0 Å². The number of methoxy groups -OCH3 is 1. The van der Waals surface area contributed by atoms with Crippen molar-refractivity contribution in [2.45, 2.75) is 26.3 Å². The lowest BCUT2D eigenvalue weighted by Gasteiger charge is -2.48. The number of nitrogens with two attached hydrogens (primary N) is 1. The Hall–Kier alpha value is -1.42. The predicted molar refractivity (Wildman–Crippen MR) is 85.5 cm³/mol. The second-order valence-corrected chi connectivity index (χ2v) is 6.60. The Bertz CT molecular complexity index is 471. The smallest absolute Gasteiger partial charge is 0.143 e. The normalized spacial score (nSPS) is 22.1. The molecule has 0 amide bonds. The Labute approximate surface area is 122 Å². The summed E-state index contributed by atoms with van der Waals surface area (Å²) in [6, 6.07) is 6.68. The highest BCUT2D eigenvalue weighted by molar-refractivity contribution is 5.62. The summed E-state index contributed by atoms with van der Waals surface area (Å²) in [6.45, 7) is 6.80. The average molecular weight is 277 g/mol. The van der Waals surface area contributed by atoms with E-state index in [1.54, 1.807) is 7.11 Å². The average Bonchev–Trinajstić information content (AvgIpc) is 2.37. The van der Waals surface area contributed by atoms with Crippen LogP contribution in [0, 0.1) is 5.41 Å². The van der Waals surface area contributed by atoms with E-state index in [4.69, 9.17) is 10.5 Å². The molecule has 0 aliphatic carbocycles. The minimum absolute atomic E-state index is 0.260. The van der Waals surface area contributed by atoms with E-state index in [1.165, 1.54) is 12.1 Å². The van der Waals surface area contributed by atoms with Crippen LogP contribution < -0.4 is 15.4 Å². The van der Waals surface area contributed by atoms with Crippen LogP contribution in [0.3, 0.4) is 0 Å². The van der Waals surface area contributed by atoms with Crippen LogP contribution in [0.4, 0.5) is 11.4 Å². The summed E-state index contributed by atoms with van der Waals surface area (Å²) < 4.78 is 5.33. The van der Waals surface area contributed by atoms with Gasteiger partial charge in [-0.1, -0.05) is 13.8 Å². The fourth-order valence-electron chi connectivity index (χ4n) is 3.42. The molecule has 20 heavy (non-hydrogen) atoms. The number of rotatable bonds is 3. The van der Waals surface area contributed by atoms with Crippen molar-refractivity contribution in [3.05, 3.63) is 18.2 Å². The fraction of sp³-hybridized carbons (Fsp3) is 0.625. The number of anilines is 2. The molecule has 2 rings (SSSR count). The minimum atomic E-state index is 0.260. The number of ether oxygens (including phenoxy) is 1. The zero-order valence-corrected chi connectivity index (χ0v) is 13.3. The highest BCUT2D eigenvalue weighted by Gasteiger charge is 2.37. The number of nitrogens with zero attached hydrogens (tertiary/aromatic N) is 2. The molecule has 0 bridgehead atoms. The van der Waals surface area contributed by atoms with Gasteiger partial charge in [0.2, 0.25) is 0 Å². The highest BCUT2D eigenvalue weighted by atomic mass is 16.5. The van der Waals surface area contributed by atoms with Crippen molar-refractivity contribution in [2.24, 2.45) is 5.41 Å². The zero-order chi connectivity index (χ0) is 14.9. The van der Waals surface area contributed by atoms with Crippen LogP contribution >= 0.6 is 0 Å². The van der Waals surface area contributed by atoms with Crippen LogP contribution in [0.1, 0.15) is 20.3 Å². The maximum Gasteiger partial charge on any atom is 0.143 e. The first kappa shape index (κ1) is 15.0. The topological polar surface area (TPSA) is 41.7 Å². The van der Waals surface area contributed by atoms with Gasteiger partial charge in [-0.3, -0.25) is 0 Å². The van der Waals surface area contributed by atoms with E-state index in [0.29, 0.717) is 11.7 Å². The third kappa shape index (κ3) is 2.85. The Balaban J connectivity index is 2.20. The molecule has 0 aromatic heterocycles. The van der Waals surface area contributed by atoms with Gasteiger partial charge < -0.3 is 20.3 Å². The van der Waals surface area contributed by atoms with Crippen LogP contribution in [0.5, 0.6) is 5.75 Å². The molecule has 4 nitrogen and oxygen atoms in total. The lowest BCUT2D eigenvalue weighted by Crippen LogP contribution is -2.54. The summed E-state index contributed by atoms with van der Waals surface area (Å²) in [5, 5.41) is 0. The van der Waals surface area contributed by atoms with E-state index < -0.39 is 0 Å².